The molecule has 4 rings (SSSR count). The number of anilines is 2. The molecule has 5 atom stereocenters. The Morgan fingerprint density at radius 1 is 1.30 bits per heavy atom. The SMILES string of the molecule is CN(N)c1nc(N)nc2c1ncn2[C@@H]1O[C@H](COP(=O)(NCc2ccccc2)OCCSC(=O)C(C)(C)CO)[C@@H](O)[C@@]1(C)O. The zero-order valence-electron chi connectivity index (χ0n) is 24.9. The largest absolute Gasteiger partial charge is 0.405 e. The number of fused-ring (bicyclic) bond motifs is 1. The number of thioether (sulfide) groups is 1. The minimum Gasteiger partial charge on any atom is -0.395 e. The number of nitrogens with two attached hydrogens (primary N) is 2. The highest BCUT2D eigenvalue weighted by Crippen LogP contribution is 2.47. The van der Waals surface area contributed by atoms with Crippen LogP contribution in [0.25, 0.3) is 11.2 Å². The van der Waals surface area contributed by atoms with Gasteiger partial charge in [-0.05, 0) is 26.3 Å². The van der Waals surface area contributed by atoms with Gasteiger partial charge in [0.1, 0.15) is 17.8 Å². The number of nitrogens with zero attached hydrogens (tertiary/aromatic N) is 5. The number of hydrogen-bond donors (Lipinski definition) is 6. The Labute approximate surface area is 258 Å². The van der Waals surface area contributed by atoms with E-state index >= 15 is 0 Å². The highest BCUT2D eigenvalue weighted by Gasteiger charge is 2.54. The number of rotatable bonds is 14. The predicted molar refractivity (Wildman–Crippen MR) is 164 cm³/mol. The number of aromatic nitrogens is 4. The number of benzene rings is 1. The van der Waals surface area contributed by atoms with Crippen molar-refractivity contribution < 1.29 is 38.5 Å². The summed E-state index contributed by atoms with van der Waals surface area (Å²) in [4.78, 5) is 25.0. The average Bonchev–Trinajstić information content (AvgIpc) is 3.50. The summed E-state index contributed by atoms with van der Waals surface area (Å²) < 4.78 is 32.5. The van der Waals surface area contributed by atoms with Gasteiger partial charge in [0.05, 0.1) is 31.6 Å². The number of imidazole rings is 1. The fourth-order valence-corrected chi connectivity index (χ4v) is 6.59. The molecule has 242 valence electrons. The van der Waals surface area contributed by atoms with E-state index in [1.165, 1.54) is 22.8 Å². The first-order chi connectivity index (χ1) is 20.7. The Morgan fingerprint density at radius 3 is 2.66 bits per heavy atom. The van der Waals surface area contributed by atoms with E-state index in [1.807, 2.05) is 30.3 Å². The second-order valence-electron chi connectivity index (χ2n) is 11.2. The van der Waals surface area contributed by atoms with E-state index < -0.39 is 43.8 Å². The van der Waals surface area contributed by atoms with Crippen LogP contribution in [0.1, 0.15) is 32.6 Å². The maximum Gasteiger partial charge on any atom is 0.405 e. The molecule has 2 aromatic heterocycles. The molecule has 1 aliphatic heterocycles. The van der Waals surface area contributed by atoms with E-state index in [4.69, 9.17) is 25.4 Å². The second-order valence-corrected chi connectivity index (χ2v) is 14.1. The summed E-state index contributed by atoms with van der Waals surface area (Å²) in [5.74, 6) is 6.17. The van der Waals surface area contributed by atoms with Crippen LogP contribution in [-0.2, 0) is 29.7 Å². The summed E-state index contributed by atoms with van der Waals surface area (Å²) in [5.41, 5.74) is 4.38. The van der Waals surface area contributed by atoms with E-state index in [9.17, 15) is 24.7 Å². The van der Waals surface area contributed by atoms with Crippen molar-refractivity contribution in [1.29, 1.82) is 0 Å². The van der Waals surface area contributed by atoms with Gasteiger partial charge in [0, 0.05) is 19.3 Å². The highest BCUT2D eigenvalue weighted by atomic mass is 32.2. The van der Waals surface area contributed by atoms with Crippen LogP contribution in [0.3, 0.4) is 0 Å². The molecule has 8 N–H and O–H groups in total. The summed E-state index contributed by atoms with van der Waals surface area (Å²) in [6, 6.07) is 9.15. The van der Waals surface area contributed by atoms with Crippen LogP contribution in [0.4, 0.5) is 11.8 Å². The lowest BCUT2D eigenvalue weighted by Crippen LogP contribution is -2.44. The average molecular weight is 655 g/mol. The van der Waals surface area contributed by atoms with Gasteiger partial charge >= 0.3 is 7.75 Å². The van der Waals surface area contributed by atoms with Crippen molar-refractivity contribution in [3.63, 3.8) is 0 Å². The topological polar surface area (TPSA) is 233 Å². The third-order valence-corrected chi connectivity index (χ3v) is 9.76. The minimum absolute atomic E-state index is 0.0908. The van der Waals surface area contributed by atoms with Gasteiger partial charge in [0.25, 0.3) is 0 Å². The van der Waals surface area contributed by atoms with Gasteiger partial charge in [0.2, 0.25) is 5.95 Å². The molecule has 3 aromatic rings. The summed E-state index contributed by atoms with van der Waals surface area (Å²) in [6.45, 7) is 3.89. The summed E-state index contributed by atoms with van der Waals surface area (Å²) in [6.07, 6.45) is -2.48. The van der Waals surface area contributed by atoms with Crippen LogP contribution >= 0.6 is 19.5 Å². The van der Waals surface area contributed by atoms with Gasteiger partial charge in [-0.2, -0.15) is 9.97 Å². The lowest BCUT2D eigenvalue weighted by Gasteiger charge is -2.27. The van der Waals surface area contributed by atoms with Gasteiger partial charge in [0.15, 0.2) is 28.3 Å². The number of aliphatic hydroxyl groups is 3. The van der Waals surface area contributed by atoms with Gasteiger partial charge < -0.3 is 25.8 Å². The van der Waals surface area contributed by atoms with E-state index in [2.05, 4.69) is 20.0 Å². The molecule has 0 saturated carbocycles. The van der Waals surface area contributed by atoms with E-state index in [1.54, 1.807) is 20.9 Å². The minimum atomic E-state index is -4.03. The maximum absolute atomic E-state index is 13.8. The summed E-state index contributed by atoms with van der Waals surface area (Å²) in [7, 11) is -2.47. The van der Waals surface area contributed by atoms with E-state index in [0.29, 0.717) is 5.52 Å². The molecule has 44 heavy (non-hydrogen) atoms. The molecule has 1 unspecified atom stereocenters. The van der Waals surface area contributed by atoms with Crippen molar-refractivity contribution in [2.24, 2.45) is 11.3 Å². The van der Waals surface area contributed by atoms with Crippen LogP contribution in [-0.4, -0.2) is 90.4 Å². The molecule has 0 aliphatic carbocycles. The molecule has 1 aliphatic rings. The molecule has 0 amide bonds. The van der Waals surface area contributed by atoms with E-state index in [0.717, 1.165) is 17.3 Å². The van der Waals surface area contributed by atoms with Crippen molar-refractivity contribution in [2.75, 3.05) is 43.4 Å². The smallest absolute Gasteiger partial charge is 0.395 e. The van der Waals surface area contributed by atoms with Gasteiger partial charge in [-0.25, -0.2) is 20.5 Å². The first-order valence-electron chi connectivity index (χ1n) is 13.7. The van der Waals surface area contributed by atoms with Crippen molar-refractivity contribution in [3.05, 3.63) is 42.2 Å². The number of carbonyl (C=O) groups excluding carboxylic acids is 1. The Bertz CT molecular complexity index is 1490. The van der Waals surface area contributed by atoms with Crippen LogP contribution < -0.4 is 21.7 Å². The number of nitrogens with one attached hydrogen (secondary N) is 1. The molecule has 3 heterocycles. The third-order valence-electron chi connectivity index (χ3n) is 7.02. The third kappa shape index (κ3) is 7.56. The number of aliphatic hydroxyl groups excluding tert-OH is 2. The zero-order valence-corrected chi connectivity index (χ0v) is 26.6. The molecule has 0 radical (unpaired) electrons. The maximum atomic E-state index is 13.8. The van der Waals surface area contributed by atoms with Gasteiger partial charge in [-0.15, -0.1) is 0 Å². The molecule has 1 saturated heterocycles. The van der Waals surface area contributed by atoms with Gasteiger partial charge in [-0.3, -0.25) is 23.4 Å². The Hall–Kier alpha value is -2.70. The van der Waals surface area contributed by atoms with Crippen molar-refractivity contribution in [2.45, 2.75) is 51.4 Å². The fourth-order valence-electron chi connectivity index (χ4n) is 4.35. The van der Waals surface area contributed by atoms with Crippen LogP contribution in [0, 0.1) is 5.41 Å². The summed E-state index contributed by atoms with van der Waals surface area (Å²) in [5, 5.41) is 35.6. The van der Waals surface area contributed by atoms with Crippen molar-refractivity contribution in [3.8, 4) is 0 Å². The molecule has 1 fully saturated rings. The normalized spacial score (nSPS) is 23.6. The number of hydrogen-bond acceptors (Lipinski definition) is 15. The highest BCUT2D eigenvalue weighted by molar-refractivity contribution is 8.13. The zero-order chi connectivity index (χ0) is 32.3. The van der Waals surface area contributed by atoms with Crippen LogP contribution in [0.2, 0.25) is 0 Å². The number of nitrogen functional groups attached to an aromatic ring is 1. The van der Waals surface area contributed by atoms with Crippen molar-refractivity contribution >= 4 is 47.6 Å². The fraction of sp³-hybridized carbons (Fsp3) is 0.538. The molecule has 18 heteroatoms. The second kappa shape index (κ2) is 13.7. The molecule has 1 aromatic carbocycles. The number of hydrazine groups is 1. The molecule has 0 bridgehead atoms. The van der Waals surface area contributed by atoms with Crippen LogP contribution in [0.15, 0.2) is 36.7 Å². The Balaban J connectivity index is 1.48. The monoisotopic (exact) mass is 654 g/mol. The van der Waals surface area contributed by atoms with Crippen LogP contribution in [0.5, 0.6) is 0 Å². The van der Waals surface area contributed by atoms with E-state index in [-0.39, 0.29) is 48.0 Å². The molecular weight excluding hydrogens is 615 g/mol. The number of carbonyl (C=O) groups is 1. The quantitative estimate of drug-likeness (QED) is 0.0614. The number of ether oxygens (including phenoxy) is 1. The molecule has 0 spiro atoms. The molecule has 16 nitrogen and oxygen atoms in total. The predicted octanol–water partition coefficient (Wildman–Crippen LogP) is 0.937. The molecular formula is C26H39N8O8PS. The first kappa shape index (κ1) is 34.2. The Morgan fingerprint density at radius 2 is 2.00 bits per heavy atom. The standard InChI is InChI=1S/C26H39N8O8PS/c1-25(2,14-35)23(37)44-11-10-40-43(39,30-12-16-8-6-5-7-9-16)41-13-17-19(36)26(3,38)22(42-17)34-15-29-18-20(33(4)28)31-24(27)32-21(18)34/h5-9,15,17,19,22,35-36,38H,10-14,28H2,1-4H3,(H,30,39)(H2,27,31,32)/t17-,19-,22-,26-,43?/m1/s1. The van der Waals surface area contributed by atoms with Gasteiger partial charge in [-0.1, -0.05) is 42.1 Å². The summed E-state index contributed by atoms with van der Waals surface area (Å²) >= 11 is 0.945. The first-order valence-corrected chi connectivity index (χ1v) is 16.2. The Kier molecular flexibility index (Phi) is 10.7. The lowest BCUT2D eigenvalue weighted by atomic mass is 9.96. The van der Waals surface area contributed by atoms with Crippen molar-refractivity contribution in [1.82, 2.24) is 24.6 Å². The lowest BCUT2D eigenvalue weighted by molar-refractivity contribution is -0.119.